The summed E-state index contributed by atoms with van der Waals surface area (Å²) in [6, 6.07) is 14.9. The lowest BCUT2D eigenvalue weighted by Crippen LogP contribution is -2.36. The number of esters is 1. The molecule has 0 fully saturated rings. The van der Waals surface area contributed by atoms with Gasteiger partial charge in [-0.15, -0.1) is 0 Å². The number of rotatable bonds is 9. The number of amides is 1. The lowest BCUT2D eigenvalue weighted by Gasteiger charge is -2.15. The molecule has 6 nitrogen and oxygen atoms in total. The van der Waals surface area contributed by atoms with E-state index in [-0.39, 0.29) is 29.9 Å². The van der Waals surface area contributed by atoms with Gasteiger partial charge in [0.05, 0.1) is 14.2 Å². The number of ether oxygens (including phenoxy) is 3. The van der Waals surface area contributed by atoms with E-state index < -0.39 is 5.97 Å². The maximum absolute atomic E-state index is 12.3. The SMILES string of the molecule is COc1cccc(C(=O)OCC(=O)NC(C)CCc2ccccc2)c1OC. The predicted octanol–water partition coefficient (Wildman–Crippen LogP) is 3.00. The first-order valence-electron chi connectivity index (χ1n) is 8.76. The molecule has 0 saturated heterocycles. The molecule has 27 heavy (non-hydrogen) atoms. The van der Waals surface area contributed by atoms with Gasteiger partial charge in [0.15, 0.2) is 18.1 Å². The lowest BCUT2D eigenvalue weighted by molar-refractivity contribution is -0.124. The normalized spacial score (nSPS) is 11.4. The van der Waals surface area contributed by atoms with Crippen molar-refractivity contribution in [3.63, 3.8) is 0 Å². The fraction of sp³-hybridized carbons (Fsp3) is 0.333. The number of methoxy groups -OCH3 is 2. The summed E-state index contributed by atoms with van der Waals surface area (Å²) in [4.78, 5) is 24.3. The molecule has 0 aliphatic carbocycles. The molecule has 1 N–H and O–H groups in total. The molecule has 144 valence electrons. The van der Waals surface area contributed by atoms with Gasteiger partial charge in [-0.1, -0.05) is 36.4 Å². The van der Waals surface area contributed by atoms with Gasteiger partial charge in [0.25, 0.3) is 5.91 Å². The van der Waals surface area contributed by atoms with Crippen LogP contribution >= 0.6 is 0 Å². The third kappa shape index (κ3) is 6.02. The van der Waals surface area contributed by atoms with Crippen LogP contribution in [-0.4, -0.2) is 38.7 Å². The highest BCUT2D eigenvalue weighted by atomic mass is 16.5. The van der Waals surface area contributed by atoms with E-state index in [1.54, 1.807) is 18.2 Å². The number of para-hydroxylation sites is 1. The molecule has 1 atom stereocenters. The van der Waals surface area contributed by atoms with E-state index in [2.05, 4.69) is 17.4 Å². The summed E-state index contributed by atoms with van der Waals surface area (Å²) >= 11 is 0. The van der Waals surface area contributed by atoms with E-state index >= 15 is 0 Å². The Morgan fingerprint density at radius 2 is 1.74 bits per heavy atom. The minimum Gasteiger partial charge on any atom is -0.493 e. The van der Waals surface area contributed by atoms with E-state index in [0.29, 0.717) is 5.75 Å². The summed E-state index contributed by atoms with van der Waals surface area (Å²) in [7, 11) is 2.92. The van der Waals surface area contributed by atoms with Crippen molar-refractivity contribution < 1.29 is 23.8 Å². The molecule has 2 aromatic carbocycles. The highest BCUT2D eigenvalue weighted by Gasteiger charge is 2.19. The van der Waals surface area contributed by atoms with Gasteiger partial charge >= 0.3 is 5.97 Å². The Hall–Kier alpha value is -3.02. The second kappa shape index (κ2) is 10.2. The summed E-state index contributed by atoms with van der Waals surface area (Å²) in [5, 5.41) is 2.84. The van der Waals surface area contributed by atoms with E-state index in [4.69, 9.17) is 14.2 Å². The molecule has 6 heteroatoms. The molecule has 0 heterocycles. The highest BCUT2D eigenvalue weighted by molar-refractivity contribution is 5.95. The number of aryl methyl sites for hydroxylation is 1. The third-order valence-corrected chi connectivity index (χ3v) is 4.07. The van der Waals surface area contributed by atoms with Gasteiger partial charge in [-0.3, -0.25) is 4.79 Å². The fourth-order valence-electron chi connectivity index (χ4n) is 2.67. The molecule has 0 radical (unpaired) electrons. The van der Waals surface area contributed by atoms with Crippen molar-refractivity contribution in [2.24, 2.45) is 0 Å². The average molecular weight is 371 g/mol. The van der Waals surface area contributed by atoms with Crippen LogP contribution in [0.2, 0.25) is 0 Å². The van der Waals surface area contributed by atoms with Crippen LogP contribution in [0, 0.1) is 0 Å². The van der Waals surface area contributed by atoms with E-state index in [1.807, 2.05) is 25.1 Å². The second-order valence-corrected chi connectivity index (χ2v) is 6.11. The Bertz CT molecular complexity index is 760. The van der Waals surface area contributed by atoms with Crippen LogP contribution in [0.25, 0.3) is 0 Å². The number of hydrogen-bond acceptors (Lipinski definition) is 5. The molecule has 0 saturated carbocycles. The van der Waals surface area contributed by atoms with Crippen molar-refractivity contribution in [3.05, 3.63) is 59.7 Å². The van der Waals surface area contributed by atoms with Crippen molar-refractivity contribution in [3.8, 4) is 11.5 Å². The molecule has 0 spiro atoms. The van der Waals surface area contributed by atoms with E-state index in [0.717, 1.165) is 12.8 Å². The van der Waals surface area contributed by atoms with Crippen molar-refractivity contribution >= 4 is 11.9 Å². The molecular weight excluding hydrogens is 346 g/mol. The summed E-state index contributed by atoms with van der Waals surface area (Å²) in [5.74, 6) is -0.281. The summed E-state index contributed by atoms with van der Waals surface area (Å²) in [6.07, 6.45) is 1.66. The predicted molar refractivity (Wildman–Crippen MR) is 102 cm³/mol. The molecule has 1 unspecified atom stereocenters. The third-order valence-electron chi connectivity index (χ3n) is 4.07. The van der Waals surface area contributed by atoms with E-state index in [1.165, 1.54) is 19.8 Å². The number of nitrogens with one attached hydrogen (secondary N) is 1. The first kappa shape index (κ1) is 20.3. The van der Waals surface area contributed by atoms with Gasteiger partial charge < -0.3 is 19.5 Å². The largest absolute Gasteiger partial charge is 0.493 e. The van der Waals surface area contributed by atoms with Crippen molar-refractivity contribution in [2.45, 2.75) is 25.8 Å². The number of carbonyl (C=O) groups excluding carboxylic acids is 2. The molecule has 0 aliphatic heterocycles. The fourth-order valence-corrected chi connectivity index (χ4v) is 2.67. The van der Waals surface area contributed by atoms with Crippen molar-refractivity contribution in [2.75, 3.05) is 20.8 Å². The van der Waals surface area contributed by atoms with Gasteiger partial charge in [-0.05, 0) is 37.5 Å². The Kier molecular flexibility index (Phi) is 7.67. The van der Waals surface area contributed by atoms with Gasteiger partial charge in [0.2, 0.25) is 0 Å². The smallest absolute Gasteiger partial charge is 0.342 e. The van der Waals surface area contributed by atoms with Crippen molar-refractivity contribution in [1.82, 2.24) is 5.32 Å². The van der Waals surface area contributed by atoms with Gasteiger partial charge in [-0.2, -0.15) is 0 Å². The van der Waals surface area contributed by atoms with Crippen LogP contribution in [0.3, 0.4) is 0 Å². The number of hydrogen-bond donors (Lipinski definition) is 1. The highest BCUT2D eigenvalue weighted by Crippen LogP contribution is 2.31. The molecule has 1 amide bonds. The zero-order valence-corrected chi connectivity index (χ0v) is 15.9. The Labute approximate surface area is 159 Å². The topological polar surface area (TPSA) is 73.9 Å². The Morgan fingerprint density at radius 3 is 2.41 bits per heavy atom. The minimum absolute atomic E-state index is 0.0252. The molecule has 2 aromatic rings. The van der Waals surface area contributed by atoms with Crippen LogP contribution < -0.4 is 14.8 Å². The molecule has 0 aromatic heterocycles. The number of benzene rings is 2. The van der Waals surface area contributed by atoms with Crippen LogP contribution in [0.4, 0.5) is 0 Å². The Morgan fingerprint density at radius 1 is 1.00 bits per heavy atom. The zero-order valence-electron chi connectivity index (χ0n) is 15.9. The first-order valence-corrected chi connectivity index (χ1v) is 8.76. The monoisotopic (exact) mass is 371 g/mol. The Balaban J connectivity index is 1.82. The quantitative estimate of drug-likeness (QED) is 0.686. The van der Waals surface area contributed by atoms with Crippen LogP contribution in [-0.2, 0) is 16.0 Å². The maximum Gasteiger partial charge on any atom is 0.342 e. The van der Waals surface area contributed by atoms with Gasteiger partial charge in [-0.25, -0.2) is 4.79 Å². The molecule has 2 rings (SSSR count). The standard InChI is InChI=1S/C21H25NO5/c1-15(12-13-16-8-5-4-6-9-16)22-19(23)14-27-21(24)17-10-7-11-18(25-2)20(17)26-3/h4-11,15H,12-14H2,1-3H3,(H,22,23). The molecule has 0 bridgehead atoms. The van der Waals surface area contributed by atoms with Crippen molar-refractivity contribution in [1.29, 1.82) is 0 Å². The first-order chi connectivity index (χ1) is 13.0. The summed E-state index contributed by atoms with van der Waals surface area (Å²) in [5.41, 5.74) is 1.43. The molecular formula is C21H25NO5. The van der Waals surface area contributed by atoms with Crippen LogP contribution in [0.1, 0.15) is 29.3 Å². The van der Waals surface area contributed by atoms with Crippen LogP contribution in [0.5, 0.6) is 11.5 Å². The average Bonchev–Trinajstić information content (AvgIpc) is 2.70. The van der Waals surface area contributed by atoms with Gasteiger partial charge in [0, 0.05) is 6.04 Å². The van der Waals surface area contributed by atoms with Crippen LogP contribution in [0.15, 0.2) is 48.5 Å². The minimum atomic E-state index is -0.641. The maximum atomic E-state index is 12.3. The zero-order chi connectivity index (χ0) is 19.6. The number of carbonyl (C=O) groups is 2. The lowest BCUT2D eigenvalue weighted by atomic mass is 10.1. The second-order valence-electron chi connectivity index (χ2n) is 6.11. The summed E-state index contributed by atoms with van der Waals surface area (Å²) < 4.78 is 15.5. The van der Waals surface area contributed by atoms with E-state index in [9.17, 15) is 9.59 Å². The van der Waals surface area contributed by atoms with Gasteiger partial charge in [0.1, 0.15) is 5.56 Å². The molecule has 0 aliphatic rings. The summed E-state index contributed by atoms with van der Waals surface area (Å²) in [6.45, 7) is 1.57.